The topological polar surface area (TPSA) is 111 Å². The quantitative estimate of drug-likeness (QED) is 0.0450. The maximum Gasteiger partial charge on any atom is 0.536 e. The second kappa shape index (κ2) is 32.9. The summed E-state index contributed by atoms with van der Waals surface area (Å²) in [6.07, 6.45) is 0. The number of halogens is 5. The van der Waals surface area contributed by atoms with Crippen molar-refractivity contribution in [2.24, 2.45) is 0 Å². The molecule has 0 amide bonds. The number of aromatic nitrogens is 2. The van der Waals surface area contributed by atoms with E-state index in [1.54, 1.807) is 100 Å². The average Bonchev–Trinajstić information content (AvgIpc) is 4.03. The molecule has 1 N–H and O–H groups in total. The molecule has 87 heavy (non-hydrogen) atoms. The van der Waals surface area contributed by atoms with E-state index in [4.69, 9.17) is 97.7 Å². The Morgan fingerprint density at radius 3 is 0.977 bits per heavy atom. The zero-order chi connectivity index (χ0) is 61.8. The van der Waals surface area contributed by atoms with Crippen LogP contribution >= 0.6 is 102 Å². The van der Waals surface area contributed by atoms with Crippen LogP contribution in [0.1, 0.15) is 16.7 Å². The van der Waals surface area contributed by atoms with Crippen molar-refractivity contribution in [3.05, 3.63) is 232 Å². The van der Waals surface area contributed by atoms with Gasteiger partial charge in [0, 0.05) is 64.8 Å². The molecule has 450 valence electrons. The molecule has 0 atom stereocenters. The van der Waals surface area contributed by atoms with Crippen molar-refractivity contribution >= 4 is 141 Å². The van der Waals surface area contributed by atoms with Gasteiger partial charge in [-0.05, 0) is 138 Å². The number of phenolic OH excluding ortho intramolecular Hbond substituents is 1. The molecule has 6 aromatic heterocycles. The third-order valence-corrected chi connectivity index (χ3v) is 25.8. The lowest BCUT2D eigenvalue weighted by Crippen LogP contribution is -2.54. The summed E-state index contributed by atoms with van der Waals surface area (Å²) < 4.78 is 38.8. The van der Waals surface area contributed by atoms with E-state index in [1.807, 2.05) is 109 Å². The molecule has 22 heteroatoms. The van der Waals surface area contributed by atoms with E-state index in [2.05, 4.69) is 94.3 Å². The number of aromatic hydroxyl groups is 1. The number of thiophene rings is 4. The van der Waals surface area contributed by atoms with Crippen LogP contribution in [0.2, 0.25) is 0 Å². The summed E-state index contributed by atoms with van der Waals surface area (Å²) in [4.78, 5) is 14.4. The maximum absolute atomic E-state index is 9.50. The molecule has 0 aliphatic rings. The Hall–Kier alpha value is -5.34. The lowest BCUT2D eigenvalue weighted by molar-refractivity contribution is 0.140. The standard InChI is InChI=1S/C29H27NO4S2Si.C19H13NOS2.C10H15ClO3Si.C7H6Cl4Si/c1-31-37(32-2,33-3)25-14-8-21(9-15-25)20-34-24-12-10-22(11-13-24)23-18-26(28-6-4-16-35-28)30-27(19-23)29-7-5-17-36-29;21-15-7-5-13(6-8-15)14-11-16(18-3-1-9-22-18)20-17(12-14)19-4-2-10-23-19;1-12-15(13-2,14-3)10-6-4-9(8-11)5-7-10;8-5-6-1-3-7(4-2-6)12(9,10)11/h4-19H,20H2,1-3H3;1-12,21H;4-7H,8H2,1-3H3;1-4H,5H2. The van der Waals surface area contributed by atoms with Gasteiger partial charge in [-0.15, -0.1) is 102 Å². The van der Waals surface area contributed by atoms with Crippen molar-refractivity contribution in [3.8, 4) is 76.0 Å². The van der Waals surface area contributed by atoms with Crippen LogP contribution in [0.5, 0.6) is 11.5 Å². The van der Waals surface area contributed by atoms with Crippen LogP contribution in [-0.2, 0) is 44.9 Å². The summed E-state index contributed by atoms with van der Waals surface area (Å²) >= 11 is 35.5. The molecule has 6 heterocycles. The van der Waals surface area contributed by atoms with Crippen LogP contribution in [0.15, 0.2) is 216 Å². The Labute approximate surface area is 551 Å². The minimum atomic E-state index is -2.83. The highest BCUT2D eigenvalue weighted by atomic mass is 35.8. The summed E-state index contributed by atoms with van der Waals surface area (Å²) in [7, 11) is 4.10. The number of nitrogens with zero attached hydrogens (tertiary/aromatic N) is 2. The maximum atomic E-state index is 9.50. The number of hydrogen-bond acceptors (Lipinski definition) is 14. The van der Waals surface area contributed by atoms with E-state index >= 15 is 0 Å². The average molecular weight is 1390 g/mol. The van der Waals surface area contributed by atoms with Crippen molar-refractivity contribution in [1.82, 2.24) is 9.97 Å². The zero-order valence-electron chi connectivity index (χ0n) is 48.1. The van der Waals surface area contributed by atoms with E-state index in [0.717, 1.165) is 103 Å². The van der Waals surface area contributed by atoms with Gasteiger partial charge in [-0.3, -0.25) is 0 Å². The van der Waals surface area contributed by atoms with Gasteiger partial charge in [0.15, 0.2) is 0 Å². The summed E-state index contributed by atoms with van der Waals surface area (Å²) in [5.74, 6) is 2.08. The highest BCUT2D eigenvalue weighted by molar-refractivity contribution is 7.69. The molecule has 0 bridgehead atoms. The minimum Gasteiger partial charge on any atom is -0.508 e. The first-order chi connectivity index (χ1) is 42.2. The fourth-order valence-corrected chi connectivity index (χ4v) is 17.1. The van der Waals surface area contributed by atoms with Crippen LogP contribution in [-0.4, -0.2) is 81.3 Å². The Morgan fingerprint density at radius 1 is 0.379 bits per heavy atom. The number of benzene rings is 5. The lowest BCUT2D eigenvalue weighted by Gasteiger charge is -2.24. The predicted octanol–water partition coefficient (Wildman–Crippen LogP) is 17.6. The molecule has 0 spiro atoms. The second-order valence-electron chi connectivity index (χ2n) is 18.7. The molecule has 0 saturated heterocycles. The van der Waals surface area contributed by atoms with Gasteiger partial charge in [0.25, 0.3) is 0 Å². The molecule has 11 aromatic rings. The van der Waals surface area contributed by atoms with Crippen molar-refractivity contribution in [2.45, 2.75) is 18.4 Å². The minimum absolute atomic E-state index is 0.278. The van der Waals surface area contributed by atoms with E-state index in [-0.39, 0.29) is 5.75 Å². The normalized spacial score (nSPS) is 11.4. The monoisotopic (exact) mass is 1380 g/mol. The fraction of sp³-hybridized carbons (Fsp3) is 0.138. The number of phenols is 1. The Balaban J connectivity index is 0.000000167. The van der Waals surface area contributed by atoms with Crippen LogP contribution in [0.25, 0.3) is 64.5 Å². The number of hydrogen-bond donors (Lipinski definition) is 1. The third kappa shape index (κ3) is 18.2. The van der Waals surface area contributed by atoms with Gasteiger partial charge in [0.2, 0.25) is 0 Å². The first-order valence-electron chi connectivity index (χ1n) is 26.7. The number of ether oxygens (including phenoxy) is 1. The molecule has 0 unspecified atom stereocenters. The van der Waals surface area contributed by atoms with Crippen LogP contribution in [0.4, 0.5) is 0 Å². The number of pyridine rings is 2. The van der Waals surface area contributed by atoms with Gasteiger partial charge in [-0.25, -0.2) is 9.97 Å². The molecule has 10 nitrogen and oxygen atoms in total. The molecule has 0 aliphatic carbocycles. The van der Waals surface area contributed by atoms with E-state index in [9.17, 15) is 5.11 Å². The number of alkyl halides is 2. The second-order valence-corrected chi connectivity index (χ2v) is 37.3. The molecule has 0 aliphatic heterocycles. The fourth-order valence-electron chi connectivity index (χ4n) is 8.75. The summed E-state index contributed by atoms with van der Waals surface area (Å²) in [6, 6.07) is 61.0. The van der Waals surface area contributed by atoms with E-state index < -0.39 is 23.6 Å². The largest absolute Gasteiger partial charge is 0.536 e. The van der Waals surface area contributed by atoms with Crippen molar-refractivity contribution in [3.63, 3.8) is 0 Å². The summed E-state index contributed by atoms with van der Waals surface area (Å²) in [5, 5.41) is 20.4. The van der Waals surface area contributed by atoms with Gasteiger partial charge in [0.1, 0.15) is 18.1 Å². The first-order valence-corrected chi connectivity index (χ1v) is 39.8. The van der Waals surface area contributed by atoms with Crippen molar-refractivity contribution in [1.29, 1.82) is 0 Å². The molecule has 0 fully saturated rings. The van der Waals surface area contributed by atoms with Crippen molar-refractivity contribution < 1.29 is 36.4 Å². The highest BCUT2D eigenvalue weighted by Crippen LogP contribution is 2.36. The number of rotatable bonds is 20. The van der Waals surface area contributed by atoms with Gasteiger partial charge in [-0.2, -0.15) is 0 Å². The lowest BCUT2D eigenvalue weighted by atomic mass is 10.0. The molecular weight excluding hydrogens is 1330 g/mol. The van der Waals surface area contributed by atoms with Gasteiger partial charge in [-0.1, -0.05) is 121 Å². The zero-order valence-corrected chi connectivity index (χ0v) is 58.2. The van der Waals surface area contributed by atoms with Crippen LogP contribution < -0.4 is 20.3 Å². The summed E-state index contributed by atoms with van der Waals surface area (Å²) in [5.41, 5.74) is 11.5. The van der Waals surface area contributed by atoms with Gasteiger partial charge >= 0.3 is 23.6 Å². The Kier molecular flexibility index (Phi) is 25.6. The molecular formula is C65H61Cl5N2O8S4Si3. The highest BCUT2D eigenvalue weighted by Gasteiger charge is 2.41. The first kappa shape index (κ1) is 67.6. The smallest absolute Gasteiger partial charge is 0.508 e. The van der Waals surface area contributed by atoms with Crippen LogP contribution in [0, 0.1) is 0 Å². The van der Waals surface area contributed by atoms with Crippen molar-refractivity contribution in [2.75, 3.05) is 42.7 Å². The van der Waals surface area contributed by atoms with E-state index in [1.165, 1.54) is 0 Å². The van der Waals surface area contributed by atoms with E-state index in [0.29, 0.717) is 18.4 Å². The molecule has 0 saturated carbocycles. The molecule has 0 radical (unpaired) electrons. The predicted molar refractivity (Wildman–Crippen MR) is 373 cm³/mol. The van der Waals surface area contributed by atoms with Gasteiger partial charge < -0.3 is 36.4 Å². The summed E-state index contributed by atoms with van der Waals surface area (Å²) in [6.45, 7) is 0.460. The molecule has 5 aromatic carbocycles. The molecule has 11 rings (SSSR count). The van der Waals surface area contributed by atoms with Gasteiger partial charge in [0.05, 0.1) is 42.3 Å². The third-order valence-electron chi connectivity index (χ3n) is 13.4. The Morgan fingerprint density at radius 2 is 0.690 bits per heavy atom. The Bertz CT molecular complexity index is 3670. The van der Waals surface area contributed by atoms with Crippen LogP contribution in [0.3, 0.4) is 0 Å². The SMILES string of the molecule is CO[Si](OC)(OC)c1ccc(CCl)cc1.CO[Si](OC)(OC)c1ccc(COc2ccc(-c3cc(-c4cccs4)nc(-c4cccs4)c3)cc2)cc1.ClCc1ccc([Si](Cl)(Cl)Cl)cc1.Oc1ccc(-c2cc(-c3cccs3)nc(-c3cccs3)c2)cc1.